The lowest BCUT2D eigenvalue weighted by Gasteiger charge is -2.14. The van der Waals surface area contributed by atoms with E-state index in [1.165, 1.54) is 11.3 Å². The summed E-state index contributed by atoms with van der Waals surface area (Å²) in [6.07, 6.45) is 0.738. The van der Waals surface area contributed by atoms with Crippen LogP contribution in [0.3, 0.4) is 0 Å². The van der Waals surface area contributed by atoms with Gasteiger partial charge in [-0.1, -0.05) is 6.92 Å². The van der Waals surface area contributed by atoms with E-state index in [1.54, 1.807) is 6.07 Å². The van der Waals surface area contributed by atoms with E-state index >= 15 is 0 Å². The van der Waals surface area contributed by atoms with E-state index in [4.69, 9.17) is 0 Å². The van der Waals surface area contributed by atoms with Crippen LogP contribution in [0.25, 0.3) is 0 Å². The summed E-state index contributed by atoms with van der Waals surface area (Å²) in [6, 6.07) is 1.57. The topological polar surface area (TPSA) is 73.7 Å². The highest BCUT2D eigenvalue weighted by Crippen LogP contribution is 2.27. The molecule has 0 saturated carbocycles. The molecule has 0 bridgehead atoms. The van der Waals surface area contributed by atoms with E-state index in [1.807, 2.05) is 20.8 Å². The number of carboxylic acids is 1. The predicted octanol–water partition coefficient (Wildman–Crippen LogP) is -0.463. The van der Waals surface area contributed by atoms with Gasteiger partial charge in [0, 0.05) is 10.4 Å². The molecule has 0 aliphatic heterocycles. The lowest BCUT2D eigenvalue weighted by atomic mass is 10.2. The highest BCUT2D eigenvalue weighted by atomic mass is 32.1. The predicted molar refractivity (Wildman–Crippen MR) is 73.6 cm³/mol. The highest BCUT2D eigenvalue weighted by Gasteiger charge is 2.15. The minimum atomic E-state index is -1.25. The van der Waals surface area contributed by atoms with Crippen LogP contribution in [0.5, 0.6) is 0 Å². The van der Waals surface area contributed by atoms with Gasteiger partial charge in [-0.15, -0.1) is 11.3 Å². The number of nitrogens with one attached hydrogen (secondary N) is 2. The fourth-order valence-electron chi connectivity index (χ4n) is 1.76. The Morgan fingerprint density at radius 3 is 2.42 bits per heavy atom. The number of carbonyl (C=O) groups is 2. The molecule has 0 aliphatic rings. The van der Waals surface area contributed by atoms with Crippen molar-refractivity contribution in [1.82, 2.24) is 0 Å². The fraction of sp³-hybridized carbons (Fsp3) is 0.538. The molecule has 0 fully saturated rings. The van der Waals surface area contributed by atoms with Crippen molar-refractivity contribution >= 4 is 28.2 Å². The summed E-state index contributed by atoms with van der Waals surface area (Å²) >= 11 is 1.30. The second kappa shape index (κ2) is 7.25. The Labute approximate surface area is 117 Å². The van der Waals surface area contributed by atoms with Gasteiger partial charge in [-0.05, 0) is 26.3 Å². The van der Waals surface area contributed by atoms with Crippen LogP contribution in [0.1, 0.15) is 36.0 Å². The first kappa shape index (κ1) is 15.7. The molecular formula is C13H20N2O3S. The minimum absolute atomic E-state index is 0.0738. The molecular weight excluding hydrogens is 264 g/mol. The Kier molecular flexibility index (Phi) is 5.98. The number of hydrogen-bond donors (Lipinski definition) is 2. The van der Waals surface area contributed by atoms with Crippen LogP contribution in [-0.4, -0.2) is 31.5 Å². The van der Waals surface area contributed by atoms with Gasteiger partial charge < -0.3 is 20.1 Å². The molecule has 1 heterocycles. The monoisotopic (exact) mass is 284 g/mol. The van der Waals surface area contributed by atoms with Crippen molar-refractivity contribution in [2.24, 2.45) is 0 Å². The third-order valence-corrected chi connectivity index (χ3v) is 4.21. The molecule has 0 aromatic carbocycles. The van der Waals surface area contributed by atoms with Crippen LogP contribution in [-0.2, 0) is 11.2 Å². The molecule has 1 aromatic rings. The summed E-state index contributed by atoms with van der Waals surface area (Å²) in [4.78, 5) is 25.0. The summed E-state index contributed by atoms with van der Waals surface area (Å²) < 4.78 is 0. The molecule has 5 nitrogen and oxygen atoms in total. The molecule has 6 heteroatoms. The molecule has 0 radical (unpaired) electrons. The second-order valence-corrected chi connectivity index (χ2v) is 5.42. The fourth-order valence-corrected chi connectivity index (χ4v) is 2.76. The van der Waals surface area contributed by atoms with E-state index in [2.05, 4.69) is 5.32 Å². The molecule has 0 saturated heterocycles. The van der Waals surface area contributed by atoms with Crippen molar-refractivity contribution in [3.63, 3.8) is 0 Å². The van der Waals surface area contributed by atoms with Crippen molar-refractivity contribution in [3.05, 3.63) is 16.5 Å². The second-order valence-electron chi connectivity index (χ2n) is 4.28. The van der Waals surface area contributed by atoms with Gasteiger partial charge in [-0.2, -0.15) is 0 Å². The Bertz CT molecular complexity index is 453. The maximum Gasteiger partial charge on any atom is 0.280 e. The Hall–Kier alpha value is -1.40. The van der Waals surface area contributed by atoms with Gasteiger partial charge >= 0.3 is 0 Å². The molecule has 2 N–H and O–H groups in total. The van der Waals surface area contributed by atoms with Crippen molar-refractivity contribution in [1.29, 1.82) is 0 Å². The van der Waals surface area contributed by atoms with Gasteiger partial charge in [0.2, 0.25) is 0 Å². The number of aryl methyl sites for hydroxylation is 1. The van der Waals surface area contributed by atoms with E-state index < -0.39 is 5.97 Å². The van der Waals surface area contributed by atoms with E-state index in [9.17, 15) is 14.7 Å². The molecule has 1 aromatic heterocycles. The zero-order valence-electron chi connectivity index (χ0n) is 11.5. The van der Waals surface area contributed by atoms with Crippen LogP contribution < -0.4 is 15.3 Å². The van der Waals surface area contributed by atoms with Crippen LogP contribution >= 0.6 is 11.3 Å². The van der Waals surface area contributed by atoms with Crippen LogP contribution in [0.2, 0.25) is 0 Å². The Morgan fingerprint density at radius 2 is 1.95 bits per heavy atom. The molecule has 19 heavy (non-hydrogen) atoms. The van der Waals surface area contributed by atoms with Crippen LogP contribution in [0.15, 0.2) is 6.07 Å². The summed E-state index contributed by atoms with van der Waals surface area (Å²) in [7, 11) is 0. The van der Waals surface area contributed by atoms with Crippen molar-refractivity contribution in [3.8, 4) is 0 Å². The largest absolute Gasteiger partial charge is 0.545 e. The molecule has 1 amide bonds. The molecule has 0 aliphatic carbocycles. The van der Waals surface area contributed by atoms with Gasteiger partial charge in [-0.3, -0.25) is 4.79 Å². The van der Waals surface area contributed by atoms with Gasteiger partial charge in [0.25, 0.3) is 5.91 Å². The minimum Gasteiger partial charge on any atom is -0.545 e. The number of aromatic carboxylic acids is 1. The first-order chi connectivity index (χ1) is 9.01. The number of carbonyl (C=O) groups excluding carboxylic acids is 2. The molecule has 0 atom stereocenters. The summed E-state index contributed by atoms with van der Waals surface area (Å²) in [5.74, 6) is -1.41. The maximum atomic E-state index is 11.9. The van der Waals surface area contributed by atoms with Crippen LogP contribution in [0, 0.1) is 0 Å². The smallest absolute Gasteiger partial charge is 0.280 e. The van der Waals surface area contributed by atoms with Crippen LogP contribution in [0.4, 0.5) is 5.00 Å². The van der Waals surface area contributed by atoms with E-state index in [0.29, 0.717) is 11.5 Å². The van der Waals surface area contributed by atoms with Gasteiger partial charge in [0.1, 0.15) is 5.00 Å². The normalized spacial score (nSPS) is 10.7. The third-order valence-electron chi connectivity index (χ3n) is 3.01. The van der Waals surface area contributed by atoms with Crippen molar-refractivity contribution < 1.29 is 19.6 Å². The molecule has 106 valence electrons. The third kappa shape index (κ3) is 4.33. The first-order valence-corrected chi connectivity index (χ1v) is 7.30. The number of amides is 1. The quantitative estimate of drug-likeness (QED) is 0.711. The first-order valence-electron chi connectivity index (χ1n) is 6.49. The Balaban J connectivity index is 2.78. The number of quaternary nitrogens is 1. The van der Waals surface area contributed by atoms with E-state index in [-0.39, 0.29) is 11.5 Å². The highest BCUT2D eigenvalue weighted by molar-refractivity contribution is 7.16. The summed E-state index contributed by atoms with van der Waals surface area (Å²) in [6.45, 7) is 8.04. The summed E-state index contributed by atoms with van der Waals surface area (Å²) in [5, 5.41) is 14.1. The standard InChI is InChI=1S/C13H20N2O3S/c1-4-9-7-10(13(17)18)12(19-9)14-11(16)8-15(5-2)6-3/h7H,4-6,8H2,1-3H3,(H,14,16)(H,17,18). The molecule has 1 rings (SSSR count). The Morgan fingerprint density at radius 1 is 1.32 bits per heavy atom. The zero-order valence-corrected chi connectivity index (χ0v) is 12.4. The van der Waals surface area contributed by atoms with Gasteiger partial charge in [0.05, 0.1) is 19.1 Å². The number of carboxylic acid groups (broad SMARTS) is 1. The number of likely N-dealkylation sites (N-methyl/N-ethyl adjacent to an activating group) is 1. The average molecular weight is 284 g/mol. The molecule has 0 spiro atoms. The SMILES string of the molecule is CCc1cc(C(=O)[O-])c(NC(=O)C[NH+](CC)CC)s1. The lowest BCUT2D eigenvalue weighted by Crippen LogP contribution is -3.12. The summed E-state index contributed by atoms with van der Waals surface area (Å²) in [5.41, 5.74) is 0.0738. The number of rotatable bonds is 7. The van der Waals surface area contributed by atoms with Gasteiger partial charge in [-0.25, -0.2) is 0 Å². The van der Waals surface area contributed by atoms with E-state index in [0.717, 1.165) is 29.3 Å². The van der Waals surface area contributed by atoms with Crippen molar-refractivity contribution in [2.75, 3.05) is 25.0 Å². The number of thiophene rings is 1. The zero-order chi connectivity index (χ0) is 14.4. The number of anilines is 1. The van der Waals surface area contributed by atoms with Crippen molar-refractivity contribution in [2.45, 2.75) is 27.2 Å². The van der Waals surface area contributed by atoms with Gasteiger partial charge in [0.15, 0.2) is 6.54 Å². The average Bonchev–Trinajstić information content (AvgIpc) is 2.79. The maximum absolute atomic E-state index is 11.9. The lowest BCUT2D eigenvalue weighted by molar-refractivity contribution is -0.888. The molecule has 0 unspecified atom stereocenters. The number of hydrogen-bond acceptors (Lipinski definition) is 4.